The lowest BCUT2D eigenvalue weighted by atomic mass is 10.1. The van der Waals surface area contributed by atoms with Gasteiger partial charge in [0.1, 0.15) is 0 Å². The van der Waals surface area contributed by atoms with Crippen molar-refractivity contribution in [3.05, 3.63) is 69.7 Å². The molecule has 0 aliphatic carbocycles. The highest BCUT2D eigenvalue weighted by Crippen LogP contribution is 2.11. The first-order valence-corrected chi connectivity index (χ1v) is 7.12. The second-order valence-corrected chi connectivity index (χ2v) is 5.36. The molecule has 0 spiro atoms. The van der Waals surface area contributed by atoms with Crippen molar-refractivity contribution in [2.45, 2.75) is 0 Å². The molecule has 1 amide bonds. The van der Waals surface area contributed by atoms with Crippen LogP contribution < -0.4 is 5.73 Å². The summed E-state index contributed by atoms with van der Waals surface area (Å²) in [6.45, 7) is -0.349. The van der Waals surface area contributed by atoms with Gasteiger partial charge in [-0.3, -0.25) is 9.59 Å². The molecule has 0 aliphatic heterocycles. The third-order valence-electron chi connectivity index (χ3n) is 2.91. The zero-order valence-corrected chi connectivity index (χ0v) is 13.0. The van der Waals surface area contributed by atoms with E-state index in [-0.39, 0.29) is 18.0 Å². The number of rotatable bonds is 5. The number of amides is 1. The first-order valence-electron chi connectivity index (χ1n) is 6.33. The molecule has 22 heavy (non-hydrogen) atoms. The first-order chi connectivity index (χ1) is 10.5. The van der Waals surface area contributed by atoms with Gasteiger partial charge in [-0.25, -0.2) is 4.79 Å². The van der Waals surface area contributed by atoms with E-state index in [1.165, 1.54) is 24.3 Å². The lowest BCUT2D eigenvalue weighted by Gasteiger charge is -2.05. The van der Waals surface area contributed by atoms with Gasteiger partial charge in [-0.1, -0.05) is 28.1 Å². The van der Waals surface area contributed by atoms with Gasteiger partial charge in [0.25, 0.3) is 0 Å². The van der Waals surface area contributed by atoms with E-state index in [1.54, 1.807) is 24.3 Å². The van der Waals surface area contributed by atoms with E-state index in [9.17, 15) is 14.4 Å². The van der Waals surface area contributed by atoms with Gasteiger partial charge in [-0.15, -0.1) is 0 Å². The minimum Gasteiger partial charge on any atom is -0.454 e. The van der Waals surface area contributed by atoms with Crippen LogP contribution in [0.25, 0.3) is 0 Å². The Balaban J connectivity index is 1.96. The fourth-order valence-electron chi connectivity index (χ4n) is 1.70. The molecule has 0 saturated carbocycles. The number of ether oxygens (including phenoxy) is 1. The maximum absolute atomic E-state index is 11.9. The lowest BCUT2D eigenvalue weighted by molar-refractivity contribution is 0.0474. The number of esters is 1. The van der Waals surface area contributed by atoms with E-state index in [4.69, 9.17) is 10.5 Å². The number of ketones is 1. The van der Waals surface area contributed by atoms with Crippen LogP contribution in [0.2, 0.25) is 0 Å². The van der Waals surface area contributed by atoms with Crippen LogP contribution in [-0.4, -0.2) is 24.3 Å². The molecule has 2 aromatic rings. The molecule has 6 heteroatoms. The number of benzene rings is 2. The summed E-state index contributed by atoms with van der Waals surface area (Å²) >= 11 is 3.27. The fraction of sp³-hybridized carbons (Fsp3) is 0.0625. The molecule has 0 aromatic heterocycles. The van der Waals surface area contributed by atoms with Crippen molar-refractivity contribution in [1.82, 2.24) is 0 Å². The molecule has 0 atom stereocenters. The Labute approximate surface area is 135 Å². The highest BCUT2D eigenvalue weighted by atomic mass is 79.9. The van der Waals surface area contributed by atoms with Crippen LogP contribution in [0.15, 0.2) is 53.0 Å². The van der Waals surface area contributed by atoms with Gasteiger partial charge in [-0.2, -0.15) is 0 Å². The quantitative estimate of drug-likeness (QED) is 0.654. The molecular weight excluding hydrogens is 350 g/mol. The topological polar surface area (TPSA) is 86.5 Å². The second kappa shape index (κ2) is 7.00. The van der Waals surface area contributed by atoms with Gasteiger partial charge in [0.05, 0.1) is 5.56 Å². The monoisotopic (exact) mass is 361 g/mol. The number of carbonyl (C=O) groups is 3. The van der Waals surface area contributed by atoms with E-state index >= 15 is 0 Å². The molecule has 0 unspecified atom stereocenters. The summed E-state index contributed by atoms with van der Waals surface area (Å²) in [6.07, 6.45) is 0. The fourth-order valence-corrected chi connectivity index (χ4v) is 1.97. The molecule has 112 valence electrons. The number of nitrogens with two attached hydrogens (primary N) is 1. The van der Waals surface area contributed by atoms with Crippen molar-refractivity contribution in [3.8, 4) is 0 Å². The van der Waals surface area contributed by atoms with Crippen molar-refractivity contribution in [2.75, 3.05) is 6.61 Å². The predicted molar refractivity (Wildman–Crippen MR) is 83.7 cm³/mol. The average molecular weight is 362 g/mol. The van der Waals surface area contributed by atoms with Crippen molar-refractivity contribution < 1.29 is 19.1 Å². The van der Waals surface area contributed by atoms with Crippen LogP contribution >= 0.6 is 15.9 Å². The van der Waals surface area contributed by atoms with Gasteiger partial charge >= 0.3 is 5.97 Å². The van der Waals surface area contributed by atoms with Crippen molar-refractivity contribution >= 4 is 33.6 Å². The molecule has 0 heterocycles. The van der Waals surface area contributed by atoms with Crippen molar-refractivity contribution in [2.24, 2.45) is 5.73 Å². The molecule has 0 aliphatic rings. The van der Waals surface area contributed by atoms with E-state index in [2.05, 4.69) is 15.9 Å². The Morgan fingerprint density at radius 3 is 1.91 bits per heavy atom. The smallest absolute Gasteiger partial charge is 0.338 e. The number of hydrogen-bond acceptors (Lipinski definition) is 4. The average Bonchev–Trinajstić information content (AvgIpc) is 2.53. The Morgan fingerprint density at radius 2 is 1.36 bits per heavy atom. The van der Waals surface area contributed by atoms with Crippen LogP contribution in [-0.2, 0) is 4.74 Å². The SMILES string of the molecule is NC(=O)c1ccc(C(=O)OCC(=O)c2ccc(Br)cc2)cc1. The van der Waals surface area contributed by atoms with Crippen LogP contribution in [0.3, 0.4) is 0 Å². The Bertz CT molecular complexity index is 708. The number of hydrogen-bond donors (Lipinski definition) is 1. The summed E-state index contributed by atoms with van der Waals surface area (Å²) in [7, 11) is 0. The number of halogens is 1. The third-order valence-corrected chi connectivity index (χ3v) is 3.43. The number of primary amides is 1. The summed E-state index contributed by atoms with van der Waals surface area (Å²) < 4.78 is 5.82. The molecule has 5 nitrogen and oxygen atoms in total. The molecule has 2 N–H and O–H groups in total. The van der Waals surface area contributed by atoms with Gasteiger partial charge in [0.15, 0.2) is 12.4 Å². The van der Waals surface area contributed by atoms with Crippen LogP contribution in [0, 0.1) is 0 Å². The van der Waals surface area contributed by atoms with Gasteiger partial charge in [0, 0.05) is 15.6 Å². The molecule has 0 fully saturated rings. The standard InChI is InChI=1S/C16H12BrNO4/c17-13-7-5-10(6-8-13)14(19)9-22-16(21)12-3-1-11(2-4-12)15(18)20/h1-8H,9H2,(H2,18,20). The molecular formula is C16H12BrNO4. The zero-order chi connectivity index (χ0) is 16.1. The molecule has 0 bridgehead atoms. The summed E-state index contributed by atoms with van der Waals surface area (Å²) in [6, 6.07) is 12.4. The second-order valence-electron chi connectivity index (χ2n) is 4.45. The van der Waals surface area contributed by atoms with E-state index in [0.717, 1.165) is 4.47 Å². The van der Waals surface area contributed by atoms with E-state index < -0.39 is 11.9 Å². The van der Waals surface area contributed by atoms with Crippen LogP contribution in [0.4, 0.5) is 0 Å². The van der Waals surface area contributed by atoms with E-state index in [1.807, 2.05) is 0 Å². The summed E-state index contributed by atoms with van der Waals surface area (Å²) in [5.74, 6) is -1.51. The van der Waals surface area contributed by atoms with Gasteiger partial charge < -0.3 is 10.5 Å². The van der Waals surface area contributed by atoms with Gasteiger partial charge in [-0.05, 0) is 36.4 Å². The molecule has 2 rings (SSSR count). The molecule has 2 aromatic carbocycles. The molecule has 0 radical (unpaired) electrons. The minimum absolute atomic E-state index is 0.244. The Hall–Kier alpha value is -2.47. The summed E-state index contributed by atoms with van der Waals surface area (Å²) in [5, 5.41) is 0. The maximum Gasteiger partial charge on any atom is 0.338 e. The molecule has 0 saturated heterocycles. The lowest BCUT2D eigenvalue weighted by Crippen LogP contribution is -2.15. The largest absolute Gasteiger partial charge is 0.454 e. The normalized spacial score (nSPS) is 10.0. The first kappa shape index (κ1) is 15.9. The van der Waals surface area contributed by atoms with Gasteiger partial charge in [0.2, 0.25) is 5.91 Å². The Kier molecular flexibility index (Phi) is 5.06. The maximum atomic E-state index is 11.9. The predicted octanol–water partition coefficient (Wildman–Crippen LogP) is 2.59. The highest BCUT2D eigenvalue weighted by Gasteiger charge is 2.12. The van der Waals surface area contributed by atoms with Crippen LogP contribution in [0.5, 0.6) is 0 Å². The zero-order valence-electron chi connectivity index (χ0n) is 11.4. The Morgan fingerprint density at radius 1 is 0.864 bits per heavy atom. The highest BCUT2D eigenvalue weighted by molar-refractivity contribution is 9.10. The number of carbonyl (C=O) groups excluding carboxylic acids is 3. The summed E-state index contributed by atoms with van der Waals surface area (Å²) in [5.41, 5.74) is 6.11. The summed E-state index contributed by atoms with van der Waals surface area (Å²) in [4.78, 5) is 34.6. The van der Waals surface area contributed by atoms with Crippen molar-refractivity contribution in [1.29, 1.82) is 0 Å². The van der Waals surface area contributed by atoms with Crippen molar-refractivity contribution in [3.63, 3.8) is 0 Å². The van der Waals surface area contributed by atoms with Crippen LogP contribution in [0.1, 0.15) is 31.1 Å². The minimum atomic E-state index is -0.638. The van der Waals surface area contributed by atoms with E-state index in [0.29, 0.717) is 11.1 Å². The third kappa shape index (κ3) is 4.02. The number of Topliss-reactive ketones (excluding diaryl/α,β-unsaturated/α-hetero) is 1.